The average molecular weight is 381 g/mol. The monoisotopic (exact) mass is 380 g/mol. The van der Waals surface area contributed by atoms with Gasteiger partial charge in [-0.15, -0.1) is 0 Å². The van der Waals surface area contributed by atoms with Crippen molar-refractivity contribution in [3.05, 3.63) is 69.3 Å². The number of imide groups is 1. The molecule has 0 bridgehead atoms. The first-order chi connectivity index (χ1) is 11.7. The molecule has 25 heavy (non-hydrogen) atoms. The number of nitro benzene ring substituents is 1. The molecule has 0 saturated carbocycles. The summed E-state index contributed by atoms with van der Waals surface area (Å²) in [6, 6.07) is 9.49. The van der Waals surface area contributed by atoms with Gasteiger partial charge < -0.3 is 0 Å². The zero-order valence-electron chi connectivity index (χ0n) is 12.4. The van der Waals surface area contributed by atoms with Crippen LogP contribution < -0.4 is 4.90 Å². The highest BCUT2D eigenvalue weighted by Gasteiger charge is 2.41. The summed E-state index contributed by atoms with van der Waals surface area (Å²) in [4.78, 5) is 36.3. The first kappa shape index (κ1) is 17.1. The molecule has 128 valence electrons. The van der Waals surface area contributed by atoms with E-state index in [4.69, 9.17) is 10.7 Å². The Bertz CT molecular complexity index is 1030. The van der Waals surface area contributed by atoms with Crippen molar-refractivity contribution in [3.63, 3.8) is 0 Å². The predicted octanol–water partition coefficient (Wildman–Crippen LogP) is 2.46. The number of halogens is 1. The predicted molar refractivity (Wildman–Crippen MR) is 89.2 cm³/mol. The minimum Gasteiger partial charge on any atom is -0.268 e. The van der Waals surface area contributed by atoms with Crippen molar-refractivity contribution in [2.24, 2.45) is 0 Å². The number of carbonyl (C=O) groups is 2. The Morgan fingerprint density at radius 2 is 1.76 bits per heavy atom. The summed E-state index contributed by atoms with van der Waals surface area (Å²) in [7, 11) is 1.39. The van der Waals surface area contributed by atoms with E-state index in [0.29, 0.717) is 0 Å². The fourth-order valence-electron chi connectivity index (χ4n) is 2.64. The Morgan fingerprint density at radius 3 is 2.40 bits per heavy atom. The van der Waals surface area contributed by atoms with E-state index in [1.54, 1.807) is 0 Å². The third-order valence-corrected chi connectivity index (χ3v) is 4.60. The summed E-state index contributed by atoms with van der Waals surface area (Å²) < 4.78 is 22.4. The van der Waals surface area contributed by atoms with Crippen LogP contribution in [0.4, 0.5) is 11.4 Å². The smallest absolute Gasteiger partial charge is 0.268 e. The fraction of sp³-hybridized carbons (Fsp3) is 0.0667. The van der Waals surface area contributed by atoms with Gasteiger partial charge in [0.2, 0.25) is 9.05 Å². The van der Waals surface area contributed by atoms with Crippen LogP contribution in [0.5, 0.6) is 0 Å². The molecule has 2 aromatic carbocycles. The van der Waals surface area contributed by atoms with Gasteiger partial charge in [0.25, 0.3) is 17.5 Å². The molecular weight excluding hydrogens is 372 g/mol. The maximum atomic E-state index is 12.6. The molecule has 2 amide bonds. The second-order valence-corrected chi connectivity index (χ2v) is 8.03. The lowest BCUT2D eigenvalue weighted by Gasteiger charge is -2.14. The molecule has 0 saturated heterocycles. The highest BCUT2D eigenvalue weighted by Crippen LogP contribution is 2.34. The molecular formula is C15H9ClN2O6S. The second-order valence-electron chi connectivity index (χ2n) is 5.26. The number of nitrogens with zero attached hydrogens (tertiary/aromatic N) is 2. The van der Waals surface area contributed by atoms with Gasteiger partial charge in [-0.05, 0) is 23.8 Å². The molecule has 0 N–H and O–H groups in total. The Morgan fingerprint density at radius 1 is 1.08 bits per heavy atom. The van der Waals surface area contributed by atoms with Crippen molar-refractivity contribution in [2.45, 2.75) is 5.75 Å². The zero-order chi connectivity index (χ0) is 18.4. The fourth-order valence-corrected chi connectivity index (χ4v) is 3.59. The van der Waals surface area contributed by atoms with Gasteiger partial charge in [-0.1, -0.05) is 18.2 Å². The van der Waals surface area contributed by atoms with Gasteiger partial charge in [-0.25, -0.2) is 13.3 Å². The molecule has 0 unspecified atom stereocenters. The summed E-state index contributed by atoms with van der Waals surface area (Å²) in [5.74, 6) is -2.03. The lowest BCUT2D eigenvalue weighted by atomic mass is 10.1. The first-order valence-electron chi connectivity index (χ1n) is 6.86. The number of hydrogen-bond acceptors (Lipinski definition) is 6. The maximum Gasteiger partial charge on any atom is 0.283 e. The molecule has 1 heterocycles. The SMILES string of the molecule is O=C1c2cccc([N+](=O)[O-])c2C(=O)N1c1cccc(CS(=O)(=O)Cl)c1. The van der Waals surface area contributed by atoms with Gasteiger partial charge in [0.1, 0.15) is 5.56 Å². The molecule has 0 aliphatic carbocycles. The lowest BCUT2D eigenvalue weighted by Crippen LogP contribution is -2.29. The molecule has 1 aliphatic rings. The van der Waals surface area contributed by atoms with Crippen LogP contribution in [-0.2, 0) is 14.8 Å². The molecule has 0 fully saturated rings. The third-order valence-electron chi connectivity index (χ3n) is 3.60. The quantitative estimate of drug-likeness (QED) is 0.348. The van der Waals surface area contributed by atoms with Gasteiger partial charge in [0, 0.05) is 16.7 Å². The van der Waals surface area contributed by atoms with E-state index < -0.39 is 37.2 Å². The second kappa shape index (κ2) is 5.94. The van der Waals surface area contributed by atoms with Gasteiger partial charge >= 0.3 is 0 Å². The summed E-state index contributed by atoms with van der Waals surface area (Å²) >= 11 is 0. The van der Waals surface area contributed by atoms with Crippen molar-refractivity contribution < 1.29 is 22.9 Å². The Balaban J connectivity index is 2.07. The summed E-state index contributed by atoms with van der Waals surface area (Å²) in [6.07, 6.45) is 0. The van der Waals surface area contributed by atoms with E-state index >= 15 is 0 Å². The Labute approximate surface area is 146 Å². The number of carbonyl (C=O) groups excluding carboxylic acids is 2. The molecule has 0 radical (unpaired) electrons. The van der Waals surface area contributed by atoms with Crippen LogP contribution in [0.15, 0.2) is 42.5 Å². The first-order valence-corrected chi connectivity index (χ1v) is 9.34. The van der Waals surface area contributed by atoms with Crippen molar-refractivity contribution >= 4 is 42.9 Å². The van der Waals surface area contributed by atoms with Crippen LogP contribution in [0, 0.1) is 10.1 Å². The average Bonchev–Trinajstić information content (AvgIpc) is 2.77. The third kappa shape index (κ3) is 3.11. The van der Waals surface area contributed by atoms with E-state index in [1.807, 2.05) is 0 Å². The van der Waals surface area contributed by atoms with Crippen molar-refractivity contribution in [2.75, 3.05) is 4.90 Å². The number of nitro groups is 1. The number of hydrogen-bond donors (Lipinski definition) is 0. The van der Waals surface area contributed by atoms with Crippen molar-refractivity contribution in [1.82, 2.24) is 0 Å². The number of benzene rings is 2. The molecule has 0 aromatic heterocycles. The van der Waals surface area contributed by atoms with Crippen LogP contribution in [0.25, 0.3) is 0 Å². The highest BCUT2D eigenvalue weighted by molar-refractivity contribution is 8.13. The van der Waals surface area contributed by atoms with Gasteiger partial charge in [0.15, 0.2) is 0 Å². The largest absolute Gasteiger partial charge is 0.283 e. The number of fused-ring (bicyclic) bond motifs is 1. The van der Waals surface area contributed by atoms with Gasteiger partial charge in [0.05, 0.1) is 21.9 Å². The van der Waals surface area contributed by atoms with E-state index in [-0.39, 0.29) is 22.4 Å². The molecule has 1 aliphatic heterocycles. The van der Waals surface area contributed by atoms with Crippen LogP contribution >= 0.6 is 10.7 Å². The normalized spacial score (nSPS) is 13.9. The molecule has 10 heteroatoms. The number of rotatable bonds is 4. The van der Waals surface area contributed by atoms with Gasteiger partial charge in [-0.3, -0.25) is 19.7 Å². The topological polar surface area (TPSA) is 115 Å². The molecule has 3 rings (SSSR count). The Kier molecular flexibility index (Phi) is 4.05. The van der Waals surface area contributed by atoms with Crippen LogP contribution in [0.2, 0.25) is 0 Å². The standard InChI is InChI=1S/C15H9ClN2O6S/c16-25(23,24)8-9-3-1-4-10(7-9)17-14(19)11-5-2-6-12(18(21)22)13(11)15(17)20/h1-7H,8H2. The highest BCUT2D eigenvalue weighted by atomic mass is 35.7. The van der Waals surface area contributed by atoms with E-state index in [1.165, 1.54) is 36.4 Å². The zero-order valence-corrected chi connectivity index (χ0v) is 14.0. The van der Waals surface area contributed by atoms with Crippen molar-refractivity contribution in [1.29, 1.82) is 0 Å². The minimum atomic E-state index is -3.82. The van der Waals surface area contributed by atoms with Crippen LogP contribution in [-0.4, -0.2) is 25.2 Å². The summed E-state index contributed by atoms with van der Waals surface area (Å²) in [5, 5.41) is 11.1. The number of anilines is 1. The minimum absolute atomic E-state index is 0.0745. The van der Waals surface area contributed by atoms with Crippen LogP contribution in [0.3, 0.4) is 0 Å². The lowest BCUT2D eigenvalue weighted by molar-refractivity contribution is -0.385. The van der Waals surface area contributed by atoms with Gasteiger partial charge in [-0.2, -0.15) is 0 Å². The van der Waals surface area contributed by atoms with E-state index in [9.17, 15) is 28.1 Å². The molecule has 0 atom stereocenters. The summed E-state index contributed by atoms with van der Waals surface area (Å²) in [5.41, 5.74) is -0.433. The molecule has 8 nitrogen and oxygen atoms in total. The van der Waals surface area contributed by atoms with Crippen molar-refractivity contribution in [3.8, 4) is 0 Å². The maximum absolute atomic E-state index is 12.6. The summed E-state index contributed by atoms with van der Waals surface area (Å²) in [6.45, 7) is 0. The molecule has 2 aromatic rings. The number of amides is 2. The Hall–Kier alpha value is -2.78. The van der Waals surface area contributed by atoms with Crippen LogP contribution in [0.1, 0.15) is 26.3 Å². The van der Waals surface area contributed by atoms with E-state index in [0.717, 1.165) is 11.0 Å². The molecule has 0 spiro atoms. The van der Waals surface area contributed by atoms with E-state index in [2.05, 4.69) is 0 Å².